The lowest BCUT2D eigenvalue weighted by atomic mass is 9.71. The van der Waals surface area contributed by atoms with Crippen molar-refractivity contribution >= 4 is 17.5 Å². The number of hydrogen-bond donors (Lipinski definition) is 2. The van der Waals surface area contributed by atoms with Crippen LogP contribution in [-0.4, -0.2) is 56.0 Å². The second-order valence-electron chi connectivity index (χ2n) is 8.24. The van der Waals surface area contributed by atoms with E-state index in [9.17, 15) is 9.59 Å². The van der Waals surface area contributed by atoms with Gasteiger partial charge in [0.25, 0.3) is 0 Å². The minimum atomic E-state index is -0.0277. The zero-order valence-electron chi connectivity index (χ0n) is 16.9. The SMILES string of the molecule is NCC1(CC(=O)NCCC(=O)N2CCN(c3ccccc3)CC2)CCCCC1. The van der Waals surface area contributed by atoms with Crippen molar-refractivity contribution in [3.63, 3.8) is 0 Å². The Kier molecular flexibility index (Phi) is 7.31. The lowest BCUT2D eigenvalue weighted by molar-refractivity contribution is -0.131. The maximum absolute atomic E-state index is 12.5. The highest BCUT2D eigenvalue weighted by Crippen LogP contribution is 2.38. The molecule has 1 heterocycles. The van der Waals surface area contributed by atoms with Crippen LogP contribution in [0.1, 0.15) is 44.9 Å². The van der Waals surface area contributed by atoms with Crippen LogP contribution in [-0.2, 0) is 9.59 Å². The minimum absolute atomic E-state index is 0.0277. The lowest BCUT2D eigenvalue weighted by Crippen LogP contribution is -2.49. The van der Waals surface area contributed by atoms with Gasteiger partial charge in [-0.2, -0.15) is 0 Å². The third-order valence-corrected chi connectivity index (χ3v) is 6.30. The van der Waals surface area contributed by atoms with E-state index in [2.05, 4.69) is 22.3 Å². The summed E-state index contributed by atoms with van der Waals surface area (Å²) in [6.45, 7) is 4.15. The lowest BCUT2D eigenvalue weighted by Gasteiger charge is -2.36. The molecule has 0 aromatic heterocycles. The molecule has 2 fully saturated rings. The average molecular weight is 387 g/mol. The molecule has 0 spiro atoms. The van der Waals surface area contributed by atoms with Gasteiger partial charge in [0.1, 0.15) is 0 Å². The number of para-hydroxylation sites is 1. The first-order valence-corrected chi connectivity index (χ1v) is 10.7. The second kappa shape index (κ2) is 9.92. The normalized spacial score (nSPS) is 19.3. The number of rotatable bonds is 7. The number of carbonyl (C=O) groups excluding carboxylic acids is 2. The molecule has 28 heavy (non-hydrogen) atoms. The van der Waals surface area contributed by atoms with Gasteiger partial charge in [-0.3, -0.25) is 9.59 Å². The number of nitrogens with one attached hydrogen (secondary N) is 1. The van der Waals surface area contributed by atoms with E-state index in [4.69, 9.17) is 5.73 Å². The summed E-state index contributed by atoms with van der Waals surface area (Å²) in [4.78, 5) is 29.0. The van der Waals surface area contributed by atoms with Crippen LogP contribution in [0.2, 0.25) is 0 Å². The Morgan fingerprint density at radius 1 is 1.00 bits per heavy atom. The molecule has 1 saturated heterocycles. The highest BCUT2D eigenvalue weighted by molar-refractivity contribution is 5.79. The summed E-state index contributed by atoms with van der Waals surface area (Å²) in [7, 11) is 0. The number of hydrogen-bond acceptors (Lipinski definition) is 4. The first-order chi connectivity index (χ1) is 13.6. The van der Waals surface area contributed by atoms with Crippen molar-refractivity contribution in [1.82, 2.24) is 10.2 Å². The number of nitrogens with two attached hydrogens (primary N) is 1. The van der Waals surface area contributed by atoms with Crippen molar-refractivity contribution in [3.8, 4) is 0 Å². The van der Waals surface area contributed by atoms with Crippen molar-refractivity contribution < 1.29 is 9.59 Å². The van der Waals surface area contributed by atoms with Crippen LogP contribution in [0.15, 0.2) is 30.3 Å². The predicted octanol–water partition coefficient (Wildman–Crippen LogP) is 2.14. The van der Waals surface area contributed by atoms with Crippen LogP contribution in [0.5, 0.6) is 0 Å². The van der Waals surface area contributed by atoms with Crippen LogP contribution in [0.25, 0.3) is 0 Å². The molecule has 2 amide bonds. The van der Waals surface area contributed by atoms with Crippen LogP contribution in [0.4, 0.5) is 5.69 Å². The van der Waals surface area contributed by atoms with E-state index in [1.54, 1.807) is 0 Å². The number of piperazine rings is 1. The van der Waals surface area contributed by atoms with Crippen LogP contribution >= 0.6 is 0 Å². The molecule has 0 bridgehead atoms. The fourth-order valence-electron chi connectivity index (χ4n) is 4.48. The quantitative estimate of drug-likeness (QED) is 0.753. The first-order valence-electron chi connectivity index (χ1n) is 10.7. The molecule has 6 heteroatoms. The molecular formula is C22H34N4O2. The maximum Gasteiger partial charge on any atom is 0.224 e. The summed E-state index contributed by atoms with van der Waals surface area (Å²) in [5, 5.41) is 2.94. The summed E-state index contributed by atoms with van der Waals surface area (Å²) in [5.41, 5.74) is 7.15. The Balaban J connectivity index is 1.36. The van der Waals surface area contributed by atoms with Gasteiger partial charge in [0, 0.05) is 51.3 Å². The van der Waals surface area contributed by atoms with Crippen LogP contribution < -0.4 is 16.0 Å². The summed E-state index contributed by atoms with van der Waals surface area (Å²) in [5.74, 6) is 0.160. The molecule has 1 aromatic rings. The van der Waals surface area contributed by atoms with Gasteiger partial charge in [0.2, 0.25) is 11.8 Å². The Labute approximate surface area is 168 Å². The van der Waals surface area contributed by atoms with Gasteiger partial charge in [-0.25, -0.2) is 0 Å². The maximum atomic E-state index is 12.5. The highest BCUT2D eigenvalue weighted by atomic mass is 16.2. The Bertz CT molecular complexity index is 635. The summed E-state index contributed by atoms with van der Waals surface area (Å²) in [6, 6.07) is 10.3. The van der Waals surface area contributed by atoms with Gasteiger partial charge in [-0.1, -0.05) is 37.5 Å². The zero-order valence-corrected chi connectivity index (χ0v) is 16.9. The number of benzene rings is 1. The third kappa shape index (κ3) is 5.47. The molecule has 0 unspecified atom stereocenters. The summed E-state index contributed by atoms with van der Waals surface area (Å²) in [6.07, 6.45) is 6.52. The minimum Gasteiger partial charge on any atom is -0.368 e. The fourth-order valence-corrected chi connectivity index (χ4v) is 4.48. The predicted molar refractivity (Wildman–Crippen MR) is 112 cm³/mol. The summed E-state index contributed by atoms with van der Waals surface area (Å²) >= 11 is 0. The monoisotopic (exact) mass is 386 g/mol. The van der Waals surface area contributed by atoms with Crippen molar-refractivity contribution in [2.24, 2.45) is 11.1 Å². The van der Waals surface area contributed by atoms with E-state index in [0.29, 0.717) is 25.9 Å². The van der Waals surface area contributed by atoms with Gasteiger partial charge in [0.05, 0.1) is 0 Å². The molecule has 3 rings (SSSR count). The summed E-state index contributed by atoms with van der Waals surface area (Å²) < 4.78 is 0. The highest BCUT2D eigenvalue weighted by Gasteiger charge is 2.32. The molecule has 1 aromatic carbocycles. The second-order valence-corrected chi connectivity index (χ2v) is 8.24. The molecule has 2 aliphatic rings. The van der Waals surface area contributed by atoms with Crippen molar-refractivity contribution in [2.75, 3.05) is 44.2 Å². The number of amides is 2. The molecular weight excluding hydrogens is 352 g/mol. The average Bonchev–Trinajstić information content (AvgIpc) is 2.75. The van der Waals surface area contributed by atoms with Crippen molar-refractivity contribution in [1.29, 1.82) is 0 Å². The molecule has 6 nitrogen and oxygen atoms in total. The number of nitrogens with zero attached hydrogens (tertiary/aromatic N) is 2. The Hall–Kier alpha value is -2.08. The van der Waals surface area contributed by atoms with E-state index < -0.39 is 0 Å². The van der Waals surface area contributed by atoms with Gasteiger partial charge in [-0.15, -0.1) is 0 Å². The molecule has 0 atom stereocenters. The molecule has 1 aliphatic heterocycles. The first kappa shape index (κ1) is 20.6. The van der Waals surface area contributed by atoms with Crippen LogP contribution in [0.3, 0.4) is 0 Å². The molecule has 1 saturated carbocycles. The Morgan fingerprint density at radius 2 is 1.68 bits per heavy atom. The third-order valence-electron chi connectivity index (χ3n) is 6.30. The van der Waals surface area contributed by atoms with E-state index >= 15 is 0 Å². The standard InChI is InChI=1S/C22H34N4O2/c23-18-22(10-5-2-6-11-22)17-20(27)24-12-9-21(28)26-15-13-25(14-16-26)19-7-3-1-4-8-19/h1,3-4,7-8H,2,5-6,9-18,23H2,(H,24,27). The largest absolute Gasteiger partial charge is 0.368 e. The van der Waals surface area contributed by atoms with E-state index in [-0.39, 0.29) is 17.2 Å². The van der Waals surface area contributed by atoms with E-state index in [1.165, 1.54) is 12.1 Å². The number of anilines is 1. The smallest absolute Gasteiger partial charge is 0.224 e. The van der Waals surface area contributed by atoms with E-state index in [1.807, 2.05) is 23.1 Å². The van der Waals surface area contributed by atoms with E-state index in [0.717, 1.165) is 51.9 Å². The van der Waals surface area contributed by atoms with Gasteiger partial charge >= 0.3 is 0 Å². The molecule has 0 radical (unpaired) electrons. The van der Waals surface area contributed by atoms with Gasteiger partial charge in [0.15, 0.2) is 0 Å². The van der Waals surface area contributed by atoms with Crippen molar-refractivity contribution in [3.05, 3.63) is 30.3 Å². The van der Waals surface area contributed by atoms with Gasteiger partial charge < -0.3 is 20.9 Å². The van der Waals surface area contributed by atoms with Crippen LogP contribution in [0, 0.1) is 5.41 Å². The molecule has 1 aliphatic carbocycles. The topological polar surface area (TPSA) is 78.7 Å². The molecule has 154 valence electrons. The fraction of sp³-hybridized carbons (Fsp3) is 0.636. The Morgan fingerprint density at radius 3 is 2.32 bits per heavy atom. The van der Waals surface area contributed by atoms with Crippen molar-refractivity contribution in [2.45, 2.75) is 44.9 Å². The zero-order chi connectivity index (χ0) is 19.8. The van der Waals surface area contributed by atoms with Gasteiger partial charge in [-0.05, 0) is 36.9 Å². The number of carbonyl (C=O) groups is 2. The molecule has 3 N–H and O–H groups in total.